The predicted octanol–water partition coefficient (Wildman–Crippen LogP) is 14.4. The highest BCUT2D eigenvalue weighted by Gasteiger charge is 2.57. The molecular formula is C47H87NO6SSi3. The molecule has 0 amide bonds. The molecule has 0 bridgehead atoms. The summed E-state index contributed by atoms with van der Waals surface area (Å²) >= 11 is 1.68. The normalized spacial score (nSPS) is 19.0. The number of rotatable bonds is 22. The van der Waals surface area contributed by atoms with Gasteiger partial charge in [-0.25, -0.2) is 4.98 Å². The van der Waals surface area contributed by atoms with Gasteiger partial charge in [0.2, 0.25) is 0 Å². The van der Waals surface area contributed by atoms with Crippen LogP contribution >= 0.6 is 11.3 Å². The van der Waals surface area contributed by atoms with Gasteiger partial charge in [-0.05, 0) is 138 Å². The van der Waals surface area contributed by atoms with Crippen molar-refractivity contribution in [1.82, 2.24) is 4.98 Å². The summed E-state index contributed by atoms with van der Waals surface area (Å²) in [5, 5.41) is 13.3. The van der Waals surface area contributed by atoms with Gasteiger partial charge < -0.3 is 18.4 Å². The Morgan fingerprint density at radius 3 is 1.84 bits per heavy atom. The number of aryl methyl sites for hydroxylation is 1. The zero-order valence-corrected chi connectivity index (χ0v) is 44.6. The maximum Gasteiger partial charge on any atom is 0.305 e. The Morgan fingerprint density at radius 1 is 0.897 bits per heavy atom. The third-order valence-corrected chi connectivity index (χ3v) is 28.8. The Kier molecular flexibility index (Phi) is 18.5. The standard InChI is InChI=1S/C47H87NO6SSi3/c1-21-38(43(51)47(28-23-29-47)40(31-41(49)50)53-57(17,18)45(9,10)11)42(54-58(19,20)46(12,13)14)34(3)25-22-24-33(2)26-27-39(52-56(15,16)44(6,7)8)35(4)30-37-32-55-36(5)48-37/h26,30,32,34,38-40,42H,21-25,27-29,31H2,1-20H3,(H,49,50)/t34-,38-,39-,40-,42+/m0/s1. The molecule has 0 saturated heterocycles. The van der Waals surface area contributed by atoms with E-state index in [1.165, 1.54) is 11.1 Å². The second kappa shape index (κ2) is 20.3. The smallest absolute Gasteiger partial charge is 0.305 e. The third-order valence-electron chi connectivity index (χ3n) is 14.6. The lowest BCUT2D eigenvalue weighted by molar-refractivity contribution is -0.156. The van der Waals surface area contributed by atoms with Crippen molar-refractivity contribution in [3.8, 4) is 0 Å². The minimum absolute atomic E-state index is 0.0140. The monoisotopic (exact) mass is 878 g/mol. The molecule has 7 nitrogen and oxygen atoms in total. The van der Waals surface area contributed by atoms with Crippen molar-refractivity contribution in [2.45, 2.75) is 227 Å². The lowest BCUT2D eigenvalue weighted by Gasteiger charge is -2.52. The van der Waals surface area contributed by atoms with Crippen molar-refractivity contribution in [2.75, 3.05) is 0 Å². The first-order chi connectivity index (χ1) is 26.2. The number of carbonyl (C=O) groups is 2. The van der Waals surface area contributed by atoms with Crippen LogP contribution in [0.1, 0.15) is 158 Å². The van der Waals surface area contributed by atoms with Crippen LogP contribution in [-0.4, -0.2) is 65.1 Å². The van der Waals surface area contributed by atoms with Crippen LogP contribution in [0.3, 0.4) is 0 Å². The maximum absolute atomic E-state index is 15.2. The van der Waals surface area contributed by atoms with Gasteiger partial charge in [-0.2, -0.15) is 0 Å². The zero-order chi connectivity index (χ0) is 44.9. The van der Waals surface area contributed by atoms with Gasteiger partial charge in [0, 0.05) is 11.3 Å². The van der Waals surface area contributed by atoms with E-state index >= 15 is 4.79 Å². The van der Waals surface area contributed by atoms with Gasteiger partial charge in [-0.1, -0.05) is 94.2 Å². The molecule has 11 heteroatoms. The summed E-state index contributed by atoms with van der Waals surface area (Å²) in [6.07, 6.45) is 10.2. The molecule has 0 unspecified atom stereocenters. The van der Waals surface area contributed by atoms with Crippen molar-refractivity contribution < 1.29 is 28.0 Å². The highest BCUT2D eigenvalue weighted by atomic mass is 32.1. The molecule has 58 heavy (non-hydrogen) atoms. The second-order valence-corrected chi connectivity index (χ2v) is 37.7. The van der Waals surface area contributed by atoms with Gasteiger partial charge in [-0.3, -0.25) is 9.59 Å². The molecule has 0 aliphatic heterocycles. The third kappa shape index (κ3) is 13.9. The SMILES string of the molecule is CC[C@H](C(=O)C1([C@H](CC(=O)O)O[Si](C)(C)C(C)(C)C)CCC1)[C@H](O[Si](C)(C)C(C)(C)C)[C@@H](C)CCCC(C)=CC[C@H](O[Si](C)(C)C(C)(C)C)C(C)=Cc1csc(C)n1. The van der Waals surface area contributed by atoms with E-state index in [1.807, 2.05) is 6.92 Å². The van der Waals surface area contributed by atoms with Crippen LogP contribution in [0.5, 0.6) is 0 Å². The van der Waals surface area contributed by atoms with E-state index in [-0.39, 0.29) is 51.4 Å². The van der Waals surface area contributed by atoms with Crippen molar-refractivity contribution in [1.29, 1.82) is 0 Å². The second-order valence-electron chi connectivity index (χ2n) is 22.4. The lowest BCUT2D eigenvalue weighted by Crippen LogP contribution is -2.59. The van der Waals surface area contributed by atoms with Crippen LogP contribution in [0, 0.1) is 24.2 Å². The molecule has 1 aliphatic rings. The number of Topliss-reactive ketones (excluding diaryl/α,β-unsaturated/α-hetero) is 1. The average Bonchev–Trinajstić information content (AvgIpc) is 3.43. The van der Waals surface area contributed by atoms with Gasteiger partial charge in [0.25, 0.3) is 0 Å². The van der Waals surface area contributed by atoms with Crippen LogP contribution in [0.25, 0.3) is 6.08 Å². The van der Waals surface area contributed by atoms with E-state index in [0.717, 1.165) is 42.8 Å². The number of hydrogen-bond acceptors (Lipinski definition) is 7. The number of ketones is 1. The van der Waals surface area contributed by atoms with E-state index in [1.54, 1.807) is 11.3 Å². The van der Waals surface area contributed by atoms with Crippen molar-refractivity contribution >= 4 is 54.1 Å². The molecule has 1 aromatic heterocycles. The van der Waals surface area contributed by atoms with Crippen molar-refractivity contribution in [3.63, 3.8) is 0 Å². The van der Waals surface area contributed by atoms with Crippen LogP contribution in [0.2, 0.25) is 54.4 Å². The van der Waals surface area contributed by atoms with Crippen LogP contribution in [-0.2, 0) is 22.9 Å². The summed E-state index contributed by atoms with van der Waals surface area (Å²) in [5.74, 6) is -0.916. The molecule has 2 rings (SSSR count). The molecule has 1 aromatic rings. The summed E-state index contributed by atoms with van der Waals surface area (Å²) in [7, 11) is -6.69. The molecule has 1 heterocycles. The molecule has 0 spiro atoms. The molecule has 0 radical (unpaired) electrons. The number of carboxylic acid groups (broad SMARTS) is 1. The predicted molar refractivity (Wildman–Crippen MR) is 255 cm³/mol. The fraction of sp³-hybridized carbons (Fsp3) is 0.809. The topological polar surface area (TPSA) is 95.0 Å². The van der Waals surface area contributed by atoms with E-state index in [9.17, 15) is 9.90 Å². The van der Waals surface area contributed by atoms with E-state index in [2.05, 4.69) is 147 Å². The molecular weight excluding hydrogens is 791 g/mol. The van der Waals surface area contributed by atoms with Gasteiger partial charge in [0.15, 0.2) is 25.0 Å². The number of carboxylic acids is 1. The first-order valence-electron chi connectivity index (χ1n) is 22.3. The Bertz CT molecular complexity index is 1570. The highest BCUT2D eigenvalue weighted by molar-refractivity contribution is 7.09. The first kappa shape index (κ1) is 52.9. The van der Waals surface area contributed by atoms with Crippen LogP contribution < -0.4 is 0 Å². The summed E-state index contributed by atoms with van der Waals surface area (Å²) in [6, 6.07) is 0. The molecule has 1 saturated carbocycles. The van der Waals surface area contributed by atoms with Crippen LogP contribution in [0.4, 0.5) is 0 Å². The summed E-state index contributed by atoms with van der Waals surface area (Å²) in [5.41, 5.74) is 2.77. The minimum Gasteiger partial charge on any atom is -0.481 e. The van der Waals surface area contributed by atoms with Gasteiger partial charge in [-0.15, -0.1) is 11.3 Å². The Labute approximate surface area is 363 Å². The number of thiazole rings is 1. The fourth-order valence-electron chi connectivity index (χ4n) is 7.28. The Balaban J connectivity index is 2.41. The first-order valence-corrected chi connectivity index (χ1v) is 31.9. The zero-order valence-electron chi connectivity index (χ0n) is 40.8. The summed E-state index contributed by atoms with van der Waals surface area (Å²) in [4.78, 5) is 32.3. The fourth-order valence-corrected chi connectivity index (χ4v) is 12.0. The molecule has 1 fully saturated rings. The largest absolute Gasteiger partial charge is 0.481 e. The van der Waals surface area contributed by atoms with E-state index < -0.39 is 42.4 Å². The quantitative estimate of drug-likeness (QED) is 0.0915. The highest BCUT2D eigenvalue weighted by Crippen LogP contribution is 2.53. The summed E-state index contributed by atoms with van der Waals surface area (Å²) < 4.78 is 21.3. The molecule has 0 aromatic carbocycles. The minimum atomic E-state index is -2.37. The number of hydrogen-bond donors (Lipinski definition) is 1. The average molecular weight is 879 g/mol. The molecule has 5 atom stereocenters. The number of aromatic nitrogens is 1. The molecule has 1 N–H and O–H groups in total. The van der Waals surface area contributed by atoms with Gasteiger partial charge in [0.1, 0.15) is 5.78 Å². The molecule has 334 valence electrons. The Hall–Kier alpha value is -1.22. The van der Waals surface area contributed by atoms with Crippen LogP contribution in [0.15, 0.2) is 22.6 Å². The summed E-state index contributed by atoms with van der Waals surface area (Å²) in [6.45, 7) is 44.6. The number of carbonyl (C=O) groups excluding carboxylic acids is 1. The number of nitrogens with zero attached hydrogens (tertiary/aromatic N) is 1. The van der Waals surface area contributed by atoms with Gasteiger partial charge >= 0.3 is 5.97 Å². The number of aliphatic carboxylic acids is 1. The number of allylic oxidation sites excluding steroid dienone is 1. The maximum atomic E-state index is 15.2. The van der Waals surface area contributed by atoms with Crippen molar-refractivity contribution in [2.24, 2.45) is 17.3 Å². The van der Waals surface area contributed by atoms with Crippen molar-refractivity contribution in [3.05, 3.63) is 33.3 Å². The Morgan fingerprint density at radius 2 is 1.41 bits per heavy atom. The van der Waals surface area contributed by atoms with Gasteiger partial charge in [0.05, 0.1) is 40.8 Å². The van der Waals surface area contributed by atoms with E-state index in [4.69, 9.17) is 18.3 Å². The molecule has 1 aliphatic carbocycles. The lowest BCUT2D eigenvalue weighted by atomic mass is 9.58. The van der Waals surface area contributed by atoms with E-state index in [0.29, 0.717) is 19.3 Å².